The predicted molar refractivity (Wildman–Crippen MR) is 43.5 cm³/mol. The van der Waals surface area contributed by atoms with Gasteiger partial charge in [0, 0.05) is 0 Å². The van der Waals surface area contributed by atoms with Crippen LogP contribution in [0.3, 0.4) is 0 Å². The van der Waals surface area contributed by atoms with E-state index in [9.17, 15) is 0 Å². The summed E-state index contributed by atoms with van der Waals surface area (Å²) in [6.45, 7) is 11.3. The van der Waals surface area contributed by atoms with Crippen LogP contribution < -0.4 is 18.9 Å². The Morgan fingerprint density at radius 2 is 1.45 bits per heavy atom. The van der Waals surface area contributed by atoms with Crippen molar-refractivity contribution in [1.29, 1.82) is 0 Å². The molecule has 0 N–H and O–H groups in total. The minimum absolute atomic E-state index is 0. The average molecular weight is 144 g/mol. The van der Waals surface area contributed by atoms with Gasteiger partial charge in [0.2, 0.25) is 0 Å². The van der Waals surface area contributed by atoms with Crippen LogP contribution in [-0.4, -0.2) is 0 Å². The maximum atomic E-state index is 4.20. The molecular formula is C10H17Li. The molecule has 0 aromatic heterocycles. The molecular weight excluding hydrogens is 127 g/mol. The SMILES string of the molecule is [CH2-]C12CC(C(C)(C)C)(C1)C2.[Li+]. The van der Waals surface area contributed by atoms with E-state index in [-0.39, 0.29) is 18.9 Å². The Bertz CT molecular complexity index is 156. The fraction of sp³-hybridized carbons (Fsp3) is 0.900. The molecule has 0 heterocycles. The third-order valence-electron chi connectivity index (χ3n) is 3.73. The van der Waals surface area contributed by atoms with Gasteiger partial charge in [-0.25, -0.2) is 0 Å². The molecule has 0 nitrogen and oxygen atoms in total. The molecule has 3 aliphatic carbocycles. The van der Waals surface area contributed by atoms with Crippen LogP contribution in [0.5, 0.6) is 0 Å². The second-order valence-corrected chi connectivity index (χ2v) is 5.56. The molecule has 0 aliphatic heterocycles. The van der Waals surface area contributed by atoms with Gasteiger partial charge in [-0.3, -0.25) is 0 Å². The maximum Gasteiger partial charge on any atom is 1.00 e. The smallest absolute Gasteiger partial charge is 0.337 e. The third kappa shape index (κ3) is 1.03. The first-order valence-corrected chi connectivity index (χ1v) is 4.22. The Hall–Kier alpha value is 0.597. The molecule has 0 radical (unpaired) electrons. The second-order valence-electron chi connectivity index (χ2n) is 5.56. The van der Waals surface area contributed by atoms with E-state index in [0.29, 0.717) is 16.2 Å². The van der Waals surface area contributed by atoms with Crippen LogP contribution >= 0.6 is 0 Å². The molecule has 0 aromatic rings. The minimum Gasteiger partial charge on any atom is -0.337 e. The van der Waals surface area contributed by atoms with Crippen LogP contribution in [0.15, 0.2) is 0 Å². The van der Waals surface area contributed by atoms with Crippen molar-refractivity contribution in [2.24, 2.45) is 16.2 Å². The molecule has 0 atom stereocenters. The van der Waals surface area contributed by atoms with Crippen LogP contribution in [0.25, 0.3) is 0 Å². The van der Waals surface area contributed by atoms with Crippen LogP contribution in [0.4, 0.5) is 0 Å². The summed E-state index contributed by atoms with van der Waals surface area (Å²) in [5, 5.41) is 0. The van der Waals surface area contributed by atoms with Crippen molar-refractivity contribution in [1.82, 2.24) is 0 Å². The van der Waals surface area contributed by atoms with Gasteiger partial charge in [0.25, 0.3) is 0 Å². The van der Waals surface area contributed by atoms with E-state index in [1.54, 1.807) is 0 Å². The largest absolute Gasteiger partial charge is 1.00 e. The fourth-order valence-corrected chi connectivity index (χ4v) is 2.79. The molecule has 3 aliphatic rings. The molecule has 0 unspecified atom stereocenters. The molecule has 3 fully saturated rings. The van der Waals surface area contributed by atoms with E-state index in [4.69, 9.17) is 0 Å². The summed E-state index contributed by atoms with van der Waals surface area (Å²) in [5.41, 5.74) is 1.77. The summed E-state index contributed by atoms with van der Waals surface area (Å²) in [6.07, 6.45) is 4.18. The Balaban J connectivity index is 0.000000605. The van der Waals surface area contributed by atoms with Gasteiger partial charge in [0.05, 0.1) is 0 Å². The first kappa shape index (κ1) is 9.68. The van der Waals surface area contributed by atoms with Gasteiger partial charge >= 0.3 is 18.9 Å². The number of hydrogen-bond donors (Lipinski definition) is 0. The third-order valence-corrected chi connectivity index (χ3v) is 3.73. The first-order valence-electron chi connectivity index (χ1n) is 4.22. The molecule has 0 spiro atoms. The van der Waals surface area contributed by atoms with Crippen molar-refractivity contribution in [2.75, 3.05) is 0 Å². The summed E-state index contributed by atoms with van der Waals surface area (Å²) < 4.78 is 0. The van der Waals surface area contributed by atoms with Gasteiger partial charge in [0.15, 0.2) is 0 Å². The van der Waals surface area contributed by atoms with Gasteiger partial charge in [-0.05, 0) is 10.8 Å². The van der Waals surface area contributed by atoms with Crippen LogP contribution in [0, 0.1) is 23.2 Å². The molecule has 0 aromatic carbocycles. The summed E-state index contributed by atoms with van der Waals surface area (Å²) in [6, 6.07) is 0. The van der Waals surface area contributed by atoms with Crippen LogP contribution in [-0.2, 0) is 0 Å². The normalized spacial score (nSPS) is 46.9. The Morgan fingerprint density at radius 1 is 1.09 bits per heavy atom. The monoisotopic (exact) mass is 144 g/mol. The van der Waals surface area contributed by atoms with Crippen molar-refractivity contribution >= 4 is 0 Å². The Labute approximate surface area is 82.3 Å². The van der Waals surface area contributed by atoms with Gasteiger partial charge in [0.1, 0.15) is 0 Å². The average Bonchev–Trinajstić information content (AvgIpc) is 1.51. The van der Waals surface area contributed by atoms with Crippen molar-refractivity contribution < 1.29 is 18.9 Å². The van der Waals surface area contributed by atoms with Crippen LogP contribution in [0.2, 0.25) is 0 Å². The summed E-state index contributed by atoms with van der Waals surface area (Å²) in [4.78, 5) is 0. The van der Waals surface area contributed by atoms with Gasteiger partial charge in [-0.2, -0.15) is 5.41 Å². The predicted octanol–water partition coefficient (Wildman–Crippen LogP) is 0.0409. The van der Waals surface area contributed by atoms with E-state index < -0.39 is 0 Å². The molecule has 58 valence electrons. The van der Waals surface area contributed by atoms with Gasteiger partial charge in [-0.1, -0.05) is 40.0 Å². The Kier molecular flexibility index (Phi) is 1.84. The first-order chi connectivity index (χ1) is 4.37. The summed E-state index contributed by atoms with van der Waals surface area (Å²) >= 11 is 0. The zero-order valence-electron chi connectivity index (χ0n) is 8.33. The zero-order valence-corrected chi connectivity index (χ0v) is 8.33. The van der Waals surface area contributed by atoms with Crippen molar-refractivity contribution in [2.45, 2.75) is 40.0 Å². The van der Waals surface area contributed by atoms with E-state index >= 15 is 0 Å². The topological polar surface area (TPSA) is 0 Å². The van der Waals surface area contributed by atoms with Crippen molar-refractivity contribution in [3.8, 4) is 0 Å². The maximum absolute atomic E-state index is 4.20. The molecule has 1 heteroatoms. The van der Waals surface area contributed by atoms with E-state index in [1.807, 2.05) is 0 Å². The van der Waals surface area contributed by atoms with Crippen molar-refractivity contribution in [3.63, 3.8) is 0 Å². The number of hydrogen-bond acceptors (Lipinski definition) is 0. The minimum atomic E-state index is 0. The van der Waals surface area contributed by atoms with E-state index in [1.165, 1.54) is 19.3 Å². The number of rotatable bonds is 0. The van der Waals surface area contributed by atoms with E-state index in [0.717, 1.165) is 0 Å². The van der Waals surface area contributed by atoms with Gasteiger partial charge < -0.3 is 6.92 Å². The summed E-state index contributed by atoms with van der Waals surface area (Å²) in [7, 11) is 0. The quantitative estimate of drug-likeness (QED) is 0.332. The Morgan fingerprint density at radius 3 is 1.55 bits per heavy atom. The zero-order chi connectivity index (χ0) is 7.62. The molecule has 0 saturated heterocycles. The van der Waals surface area contributed by atoms with Crippen LogP contribution in [0.1, 0.15) is 40.0 Å². The molecule has 11 heavy (non-hydrogen) atoms. The van der Waals surface area contributed by atoms with Gasteiger partial charge in [-0.15, -0.1) is 0 Å². The van der Waals surface area contributed by atoms with E-state index in [2.05, 4.69) is 27.7 Å². The molecule has 2 bridgehead atoms. The molecule has 3 saturated carbocycles. The molecule has 3 rings (SSSR count). The molecule has 0 amide bonds. The second kappa shape index (κ2) is 2.09. The van der Waals surface area contributed by atoms with Crippen molar-refractivity contribution in [3.05, 3.63) is 6.92 Å². The standard InChI is InChI=1S/C10H17.Li/c1-8(2,3)10-5-9(4,6-10)7-10;/h4-7H2,1-3H3;/q-1;+1. The fourth-order valence-electron chi connectivity index (χ4n) is 2.79. The summed E-state index contributed by atoms with van der Waals surface area (Å²) in [5.74, 6) is 0.